The Bertz CT molecular complexity index is 802. The van der Waals surface area contributed by atoms with Crippen molar-refractivity contribution in [3.63, 3.8) is 0 Å². The maximum Gasteiger partial charge on any atom is 0.296 e. The van der Waals surface area contributed by atoms with E-state index >= 15 is 0 Å². The summed E-state index contributed by atoms with van der Waals surface area (Å²) in [6.07, 6.45) is 0.925. The molecule has 0 saturated carbocycles. The summed E-state index contributed by atoms with van der Waals surface area (Å²) in [5.41, 5.74) is 6.31. The number of rotatable bonds is 6. The number of azo groups is 1. The van der Waals surface area contributed by atoms with Gasteiger partial charge >= 0.3 is 0 Å². The fourth-order valence-electron chi connectivity index (χ4n) is 1.75. The van der Waals surface area contributed by atoms with Gasteiger partial charge in [-0.1, -0.05) is 6.92 Å². The van der Waals surface area contributed by atoms with E-state index < -0.39 is 15.0 Å². The predicted molar refractivity (Wildman–Crippen MR) is 87.1 cm³/mol. The lowest BCUT2D eigenvalue weighted by Gasteiger charge is -2.04. The fourth-order valence-corrected chi connectivity index (χ4v) is 2.39. The standard InChI is InChI=1S/C15H17N3O4S/c1-2-9-22-13-6-3-11(4-7-13)17-18-12-5-8-14(16)15(10-12)23(19,20)21/h3-8,10H,2,9,16H2,1H3,(H,19,20,21). The first kappa shape index (κ1) is 16.9. The van der Waals surface area contributed by atoms with Gasteiger partial charge in [0, 0.05) is 0 Å². The second-order valence-corrected chi connectivity index (χ2v) is 6.13. The van der Waals surface area contributed by atoms with Crippen LogP contribution in [0.2, 0.25) is 0 Å². The molecule has 0 aliphatic heterocycles. The van der Waals surface area contributed by atoms with E-state index in [9.17, 15) is 8.42 Å². The molecular weight excluding hydrogens is 318 g/mol. The summed E-state index contributed by atoms with van der Waals surface area (Å²) in [5, 5.41) is 7.94. The van der Waals surface area contributed by atoms with Crippen molar-refractivity contribution in [1.82, 2.24) is 0 Å². The van der Waals surface area contributed by atoms with Crippen LogP contribution in [-0.4, -0.2) is 19.6 Å². The molecule has 0 radical (unpaired) electrons. The molecule has 0 spiro atoms. The largest absolute Gasteiger partial charge is 0.494 e. The van der Waals surface area contributed by atoms with Crippen molar-refractivity contribution in [2.24, 2.45) is 10.2 Å². The van der Waals surface area contributed by atoms with Crippen LogP contribution >= 0.6 is 0 Å². The van der Waals surface area contributed by atoms with E-state index in [2.05, 4.69) is 10.2 Å². The molecule has 0 aliphatic carbocycles. The van der Waals surface area contributed by atoms with Gasteiger partial charge in [0.05, 0.1) is 23.7 Å². The normalized spacial score (nSPS) is 11.7. The Morgan fingerprint density at radius 1 is 1.09 bits per heavy atom. The molecule has 0 aliphatic rings. The molecule has 23 heavy (non-hydrogen) atoms. The Kier molecular flexibility index (Phi) is 5.30. The van der Waals surface area contributed by atoms with Crippen LogP contribution in [0.4, 0.5) is 17.1 Å². The van der Waals surface area contributed by atoms with Gasteiger partial charge in [-0.2, -0.15) is 18.6 Å². The number of hydrogen-bond donors (Lipinski definition) is 2. The van der Waals surface area contributed by atoms with Crippen molar-refractivity contribution in [3.8, 4) is 5.75 Å². The van der Waals surface area contributed by atoms with Crippen LogP contribution in [-0.2, 0) is 10.1 Å². The number of nitrogens with two attached hydrogens (primary N) is 1. The van der Waals surface area contributed by atoms with E-state index in [4.69, 9.17) is 15.0 Å². The smallest absolute Gasteiger partial charge is 0.296 e. The Hall–Kier alpha value is -2.45. The van der Waals surface area contributed by atoms with Gasteiger partial charge in [-0.15, -0.1) is 0 Å². The Balaban J connectivity index is 2.17. The molecule has 0 aromatic heterocycles. The molecule has 2 rings (SSSR count). The molecule has 0 fully saturated rings. The average molecular weight is 335 g/mol. The number of nitrogens with zero attached hydrogens (tertiary/aromatic N) is 2. The lowest BCUT2D eigenvalue weighted by atomic mass is 10.3. The molecular formula is C15H17N3O4S. The van der Waals surface area contributed by atoms with Gasteiger partial charge in [-0.25, -0.2) is 0 Å². The molecule has 0 atom stereocenters. The molecule has 8 heteroatoms. The van der Waals surface area contributed by atoms with Gasteiger partial charge in [0.15, 0.2) is 0 Å². The maximum absolute atomic E-state index is 11.2. The Morgan fingerprint density at radius 3 is 2.30 bits per heavy atom. The average Bonchev–Trinajstić information content (AvgIpc) is 2.52. The van der Waals surface area contributed by atoms with Crippen molar-refractivity contribution in [3.05, 3.63) is 42.5 Å². The zero-order valence-corrected chi connectivity index (χ0v) is 13.3. The van der Waals surface area contributed by atoms with E-state index in [1.807, 2.05) is 6.92 Å². The summed E-state index contributed by atoms with van der Waals surface area (Å²) in [5.74, 6) is 0.743. The zero-order chi connectivity index (χ0) is 16.9. The first-order valence-corrected chi connectivity index (χ1v) is 8.36. The quantitative estimate of drug-likeness (QED) is 0.474. The molecule has 0 saturated heterocycles. The van der Waals surface area contributed by atoms with Crippen molar-refractivity contribution in [1.29, 1.82) is 0 Å². The third kappa shape index (κ3) is 4.76. The third-order valence-electron chi connectivity index (χ3n) is 2.87. The highest BCUT2D eigenvalue weighted by Crippen LogP contribution is 2.26. The van der Waals surface area contributed by atoms with Gasteiger partial charge in [0.2, 0.25) is 0 Å². The molecule has 0 bridgehead atoms. The lowest BCUT2D eigenvalue weighted by Crippen LogP contribution is -2.02. The van der Waals surface area contributed by atoms with E-state index in [0.717, 1.165) is 18.2 Å². The van der Waals surface area contributed by atoms with Crippen LogP contribution in [0.15, 0.2) is 57.6 Å². The maximum atomic E-state index is 11.2. The molecule has 122 valence electrons. The van der Waals surface area contributed by atoms with Gasteiger partial charge < -0.3 is 10.5 Å². The van der Waals surface area contributed by atoms with E-state index in [0.29, 0.717) is 12.3 Å². The Morgan fingerprint density at radius 2 is 1.70 bits per heavy atom. The zero-order valence-electron chi connectivity index (χ0n) is 12.5. The van der Waals surface area contributed by atoms with Gasteiger partial charge in [0.1, 0.15) is 10.6 Å². The molecule has 2 aromatic carbocycles. The Labute approximate surface area is 134 Å². The highest BCUT2D eigenvalue weighted by Gasteiger charge is 2.14. The van der Waals surface area contributed by atoms with Crippen molar-refractivity contribution in [2.45, 2.75) is 18.2 Å². The monoisotopic (exact) mass is 335 g/mol. The fraction of sp³-hybridized carbons (Fsp3) is 0.200. The van der Waals surface area contributed by atoms with E-state index in [1.165, 1.54) is 12.1 Å². The van der Waals surface area contributed by atoms with Crippen molar-refractivity contribution in [2.75, 3.05) is 12.3 Å². The number of benzene rings is 2. The summed E-state index contributed by atoms with van der Waals surface area (Å²) in [7, 11) is -4.40. The predicted octanol–water partition coefficient (Wildman–Crippen LogP) is 3.72. The van der Waals surface area contributed by atoms with Crippen LogP contribution in [0.25, 0.3) is 0 Å². The minimum absolute atomic E-state index is 0.0520. The van der Waals surface area contributed by atoms with E-state index in [1.54, 1.807) is 24.3 Å². The summed E-state index contributed by atoms with van der Waals surface area (Å²) in [6, 6.07) is 11.0. The molecule has 2 aromatic rings. The van der Waals surface area contributed by atoms with Crippen LogP contribution < -0.4 is 10.5 Å². The second-order valence-electron chi connectivity index (χ2n) is 4.74. The first-order valence-electron chi connectivity index (χ1n) is 6.92. The van der Waals surface area contributed by atoms with Crippen molar-refractivity contribution >= 4 is 27.2 Å². The molecule has 0 heterocycles. The van der Waals surface area contributed by atoms with Crippen molar-refractivity contribution < 1.29 is 17.7 Å². The lowest BCUT2D eigenvalue weighted by molar-refractivity contribution is 0.317. The van der Waals surface area contributed by atoms with Crippen LogP contribution in [0.1, 0.15) is 13.3 Å². The van der Waals surface area contributed by atoms with E-state index in [-0.39, 0.29) is 11.4 Å². The summed E-state index contributed by atoms with van der Waals surface area (Å²) in [6.45, 7) is 2.67. The molecule has 3 N–H and O–H groups in total. The highest BCUT2D eigenvalue weighted by atomic mass is 32.2. The van der Waals surface area contributed by atoms with Gasteiger partial charge in [0.25, 0.3) is 10.1 Å². The third-order valence-corrected chi connectivity index (χ3v) is 3.77. The van der Waals surface area contributed by atoms with Crippen LogP contribution in [0, 0.1) is 0 Å². The summed E-state index contributed by atoms with van der Waals surface area (Å²) in [4.78, 5) is -0.391. The minimum Gasteiger partial charge on any atom is -0.494 e. The number of anilines is 1. The van der Waals surface area contributed by atoms with Gasteiger partial charge in [-0.3, -0.25) is 4.55 Å². The minimum atomic E-state index is -4.40. The summed E-state index contributed by atoms with van der Waals surface area (Å²) >= 11 is 0. The molecule has 7 nitrogen and oxygen atoms in total. The SMILES string of the molecule is CCCOc1ccc(N=Nc2ccc(N)c(S(=O)(=O)O)c2)cc1. The topological polar surface area (TPSA) is 114 Å². The molecule has 0 amide bonds. The van der Waals surface area contributed by atoms with Gasteiger partial charge in [-0.05, 0) is 48.9 Å². The number of nitrogen functional groups attached to an aromatic ring is 1. The second kappa shape index (κ2) is 7.21. The number of hydrogen-bond acceptors (Lipinski definition) is 6. The highest BCUT2D eigenvalue weighted by molar-refractivity contribution is 7.86. The summed E-state index contributed by atoms with van der Waals surface area (Å²) < 4.78 is 36.9. The first-order chi connectivity index (χ1) is 10.9. The molecule has 0 unspecified atom stereocenters. The van der Waals surface area contributed by atoms with Crippen LogP contribution in [0.5, 0.6) is 5.75 Å². The van der Waals surface area contributed by atoms with Crippen LogP contribution in [0.3, 0.4) is 0 Å². The number of ether oxygens (including phenoxy) is 1.